The number of nitrogens with one attached hydrogen (secondary N) is 1. The predicted molar refractivity (Wildman–Crippen MR) is 130 cm³/mol. The Balaban J connectivity index is 1.42. The minimum absolute atomic E-state index is 0.136. The summed E-state index contributed by atoms with van der Waals surface area (Å²) in [5.74, 6) is 0.136. The van der Waals surface area contributed by atoms with Crippen molar-refractivity contribution in [2.24, 2.45) is 0 Å². The summed E-state index contributed by atoms with van der Waals surface area (Å²) in [7, 11) is -3.79. The molecule has 0 amide bonds. The van der Waals surface area contributed by atoms with E-state index in [4.69, 9.17) is 0 Å². The Bertz CT molecular complexity index is 1320. The number of carbonyl (C=O) groups excluding carboxylic acids is 1. The highest BCUT2D eigenvalue weighted by Gasteiger charge is 2.19. The number of aromatic nitrogens is 1. The fraction of sp³-hybridized carbons (Fsp3) is 0.111. The molecule has 0 unspecified atom stereocenters. The average molecular weight is 457 g/mol. The molecule has 0 fully saturated rings. The highest BCUT2D eigenvalue weighted by Crippen LogP contribution is 2.28. The number of hydrogen-bond donors (Lipinski definition) is 1. The molecule has 0 atom stereocenters. The third-order valence-corrected chi connectivity index (χ3v) is 6.75. The number of Topliss-reactive ketones (excluding diaryl/α,β-unsaturated/α-hetero) is 1. The first kappa shape index (κ1) is 22.4. The first-order valence-electron chi connectivity index (χ1n) is 10.7. The number of rotatable bonds is 9. The van der Waals surface area contributed by atoms with E-state index in [1.807, 2.05) is 48.5 Å². The van der Waals surface area contributed by atoms with Crippen LogP contribution in [0.25, 0.3) is 11.1 Å². The Kier molecular flexibility index (Phi) is 6.95. The Morgan fingerprint density at radius 3 is 2.15 bits per heavy atom. The van der Waals surface area contributed by atoms with Crippen LogP contribution in [0, 0.1) is 0 Å². The molecule has 0 aliphatic heterocycles. The molecule has 1 heterocycles. The number of aryl methyl sites for hydroxylation is 1. The molecule has 4 aromatic rings. The monoisotopic (exact) mass is 456 g/mol. The van der Waals surface area contributed by atoms with Gasteiger partial charge in [0.1, 0.15) is 5.78 Å². The van der Waals surface area contributed by atoms with Crippen LogP contribution >= 0.6 is 0 Å². The van der Waals surface area contributed by atoms with Gasteiger partial charge in [0.2, 0.25) is 0 Å². The van der Waals surface area contributed by atoms with Gasteiger partial charge < -0.3 is 0 Å². The first-order chi connectivity index (χ1) is 16.0. The van der Waals surface area contributed by atoms with Crippen molar-refractivity contribution < 1.29 is 13.2 Å². The van der Waals surface area contributed by atoms with E-state index in [1.54, 1.807) is 54.9 Å². The van der Waals surface area contributed by atoms with E-state index in [0.29, 0.717) is 30.5 Å². The Morgan fingerprint density at radius 2 is 1.42 bits per heavy atom. The summed E-state index contributed by atoms with van der Waals surface area (Å²) in [5, 5.41) is 0. The summed E-state index contributed by atoms with van der Waals surface area (Å²) in [4.78, 5) is 16.5. The van der Waals surface area contributed by atoms with Gasteiger partial charge in [-0.2, -0.15) is 0 Å². The topological polar surface area (TPSA) is 76.1 Å². The molecule has 0 aliphatic rings. The standard InChI is InChI=1S/C27H24N2O3S/c30-25(15-12-21-16-18-28-19-17-21)20-22-10-13-24(14-11-22)29-33(31,32)27-9-5-4-8-26(27)23-6-2-1-3-7-23/h1-11,13-14,16-19,29H,12,15,20H2. The van der Waals surface area contributed by atoms with Crippen LogP contribution in [0.1, 0.15) is 17.5 Å². The number of nitrogens with zero attached hydrogens (tertiary/aromatic N) is 1. The van der Waals surface area contributed by atoms with Gasteiger partial charge in [0.05, 0.1) is 4.90 Å². The summed E-state index contributed by atoms with van der Waals surface area (Å²) in [6, 6.07) is 27.1. The number of anilines is 1. The van der Waals surface area contributed by atoms with E-state index in [1.165, 1.54) is 0 Å². The molecular formula is C27H24N2O3S. The number of ketones is 1. The Hall–Kier alpha value is -3.77. The molecule has 5 nitrogen and oxygen atoms in total. The second kappa shape index (κ2) is 10.2. The summed E-state index contributed by atoms with van der Waals surface area (Å²) >= 11 is 0. The molecule has 0 saturated carbocycles. The van der Waals surface area contributed by atoms with Gasteiger partial charge in [-0.25, -0.2) is 8.42 Å². The van der Waals surface area contributed by atoms with Crippen molar-refractivity contribution in [1.82, 2.24) is 4.98 Å². The molecule has 166 valence electrons. The largest absolute Gasteiger partial charge is 0.299 e. The molecule has 0 spiro atoms. The van der Waals surface area contributed by atoms with Gasteiger partial charge in [-0.15, -0.1) is 0 Å². The lowest BCUT2D eigenvalue weighted by atomic mass is 10.0. The van der Waals surface area contributed by atoms with Crippen LogP contribution in [0.5, 0.6) is 0 Å². The normalized spacial score (nSPS) is 11.2. The van der Waals surface area contributed by atoms with Gasteiger partial charge >= 0.3 is 0 Å². The van der Waals surface area contributed by atoms with Gasteiger partial charge in [-0.05, 0) is 53.4 Å². The Morgan fingerprint density at radius 1 is 0.758 bits per heavy atom. The Labute approximate surface area is 194 Å². The zero-order chi connectivity index (χ0) is 23.1. The maximum Gasteiger partial charge on any atom is 0.262 e. The van der Waals surface area contributed by atoms with Gasteiger partial charge in [-0.3, -0.25) is 14.5 Å². The van der Waals surface area contributed by atoms with Gasteiger partial charge in [0, 0.05) is 36.5 Å². The van der Waals surface area contributed by atoms with Crippen LogP contribution in [0.3, 0.4) is 0 Å². The van der Waals surface area contributed by atoms with Crippen molar-refractivity contribution in [3.05, 3.63) is 115 Å². The first-order valence-corrected chi connectivity index (χ1v) is 12.2. The summed E-state index contributed by atoms with van der Waals surface area (Å²) in [6.07, 6.45) is 4.89. The van der Waals surface area contributed by atoms with E-state index >= 15 is 0 Å². The van der Waals surface area contributed by atoms with Gasteiger partial charge in [0.25, 0.3) is 10.0 Å². The lowest BCUT2D eigenvalue weighted by Gasteiger charge is -2.13. The number of sulfonamides is 1. The average Bonchev–Trinajstić information content (AvgIpc) is 2.85. The van der Waals surface area contributed by atoms with Crippen molar-refractivity contribution in [3.63, 3.8) is 0 Å². The van der Waals surface area contributed by atoms with Gasteiger partial charge in [-0.1, -0.05) is 60.7 Å². The molecule has 1 aromatic heterocycles. The lowest BCUT2D eigenvalue weighted by Crippen LogP contribution is -2.14. The highest BCUT2D eigenvalue weighted by atomic mass is 32.2. The van der Waals surface area contributed by atoms with E-state index in [9.17, 15) is 13.2 Å². The smallest absolute Gasteiger partial charge is 0.262 e. The predicted octanol–water partition coefficient (Wildman–Crippen LogP) is 5.29. The summed E-state index contributed by atoms with van der Waals surface area (Å²) in [5.41, 5.74) is 3.85. The second-order valence-electron chi connectivity index (χ2n) is 7.74. The van der Waals surface area contributed by atoms with Crippen molar-refractivity contribution in [2.45, 2.75) is 24.2 Å². The molecule has 1 N–H and O–H groups in total. The zero-order valence-electron chi connectivity index (χ0n) is 18.0. The minimum Gasteiger partial charge on any atom is -0.299 e. The molecule has 6 heteroatoms. The highest BCUT2D eigenvalue weighted by molar-refractivity contribution is 7.92. The van der Waals surface area contributed by atoms with Crippen LogP contribution in [0.15, 0.2) is 108 Å². The van der Waals surface area contributed by atoms with Crippen molar-refractivity contribution in [1.29, 1.82) is 0 Å². The number of carbonyl (C=O) groups is 1. The lowest BCUT2D eigenvalue weighted by molar-refractivity contribution is -0.118. The van der Waals surface area contributed by atoms with Gasteiger partial charge in [0.15, 0.2) is 0 Å². The maximum atomic E-state index is 13.1. The third kappa shape index (κ3) is 5.93. The van der Waals surface area contributed by atoms with Crippen LogP contribution in [0.2, 0.25) is 0 Å². The molecule has 0 radical (unpaired) electrons. The summed E-state index contributed by atoms with van der Waals surface area (Å²) < 4.78 is 28.9. The van der Waals surface area contributed by atoms with Crippen molar-refractivity contribution in [2.75, 3.05) is 4.72 Å². The third-order valence-electron chi connectivity index (χ3n) is 5.31. The maximum absolute atomic E-state index is 13.1. The molecule has 4 rings (SSSR count). The molecular weight excluding hydrogens is 432 g/mol. The molecule has 0 aliphatic carbocycles. The molecule has 0 saturated heterocycles. The SMILES string of the molecule is O=C(CCc1ccncc1)Cc1ccc(NS(=O)(=O)c2ccccc2-c2ccccc2)cc1. The van der Waals surface area contributed by atoms with Crippen molar-refractivity contribution >= 4 is 21.5 Å². The number of benzene rings is 3. The fourth-order valence-electron chi connectivity index (χ4n) is 3.61. The summed E-state index contributed by atoms with van der Waals surface area (Å²) in [6.45, 7) is 0. The van der Waals surface area contributed by atoms with E-state index in [2.05, 4.69) is 9.71 Å². The van der Waals surface area contributed by atoms with Crippen molar-refractivity contribution in [3.8, 4) is 11.1 Å². The van der Waals surface area contributed by atoms with Crippen LogP contribution in [-0.4, -0.2) is 19.2 Å². The van der Waals surface area contributed by atoms with Crippen LogP contribution in [0.4, 0.5) is 5.69 Å². The van der Waals surface area contributed by atoms with E-state index in [-0.39, 0.29) is 10.7 Å². The quantitative estimate of drug-likeness (QED) is 0.371. The van der Waals surface area contributed by atoms with Crippen LogP contribution < -0.4 is 4.72 Å². The van der Waals surface area contributed by atoms with E-state index < -0.39 is 10.0 Å². The fourth-order valence-corrected chi connectivity index (χ4v) is 4.90. The zero-order valence-corrected chi connectivity index (χ0v) is 18.8. The number of pyridine rings is 1. The molecule has 3 aromatic carbocycles. The van der Waals surface area contributed by atoms with E-state index in [0.717, 1.165) is 16.7 Å². The number of hydrogen-bond acceptors (Lipinski definition) is 4. The minimum atomic E-state index is -3.79. The second-order valence-corrected chi connectivity index (χ2v) is 9.39. The molecule has 0 bridgehead atoms. The molecule has 33 heavy (non-hydrogen) atoms. The van der Waals surface area contributed by atoms with Crippen LogP contribution in [-0.2, 0) is 27.7 Å².